The maximum Gasteiger partial charge on any atom is 0.289 e. The summed E-state index contributed by atoms with van der Waals surface area (Å²) in [4.78, 5) is 11.5. The lowest BCUT2D eigenvalue weighted by Crippen LogP contribution is -2.63. The second-order valence-corrected chi connectivity index (χ2v) is 4.74. The van der Waals surface area contributed by atoms with Gasteiger partial charge in [-0.3, -0.25) is 4.79 Å². The molecule has 0 aliphatic carbocycles. The molecule has 0 radical (unpaired) electrons. The number of hydrogen-bond acceptors (Lipinski definition) is 4. The van der Waals surface area contributed by atoms with Crippen molar-refractivity contribution in [3.8, 4) is 0 Å². The van der Waals surface area contributed by atoms with Crippen molar-refractivity contribution in [3.63, 3.8) is 0 Å². The van der Waals surface area contributed by atoms with Crippen LogP contribution in [0.2, 0.25) is 0 Å². The number of hydrogen-bond donors (Lipinski definition) is 0. The van der Waals surface area contributed by atoms with Crippen molar-refractivity contribution < 1.29 is 19.0 Å². The van der Waals surface area contributed by atoms with Gasteiger partial charge in [-0.1, -0.05) is 0 Å². The summed E-state index contributed by atoms with van der Waals surface area (Å²) in [5.74, 6) is -0.709. The van der Waals surface area contributed by atoms with Gasteiger partial charge in [0.05, 0.1) is 18.6 Å². The highest BCUT2D eigenvalue weighted by Gasteiger charge is 2.61. The minimum atomic E-state index is -0.891. The van der Waals surface area contributed by atoms with E-state index in [2.05, 4.69) is 0 Å². The monoisotopic (exact) mass is 212 g/mol. The fourth-order valence-electron chi connectivity index (χ4n) is 3.14. The fraction of sp³-hybridized carbons (Fsp3) is 0.909. The van der Waals surface area contributed by atoms with Crippen LogP contribution in [0.25, 0.3) is 0 Å². The van der Waals surface area contributed by atoms with Crippen molar-refractivity contribution >= 4 is 5.78 Å². The van der Waals surface area contributed by atoms with Crippen molar-refractivity contribution in [1.29, 1.82) is 0 Å². The summed E-state index contributed by atoms with van der Waals surface area (Å²) in [6.45, 7) is 1.49. The third kappa shape index (κ3) is 1.28. The van der Waals surface area contributed by atoms with Gasteiger partial charge in [-0.2, -0.15) is 0 Å². The molecule has 0 aromatic heterocycles. The van der Waals surface area contributed by atoms with Crippen LogP contribution < -0.4 is 0 Å². The summed E-state index contributed by atoms with van der Waals surface area (Å²) in [7, 11) is 0. The average Bonchev–Trinajstić information content (AvgIpc) is 2.27. The molecule has 4 nitrogen and oxygen atoms in total. The summed E-state index contributed by atoms with van der Waals surface area (Å²) >= 11 is 0. The molecular weight excluding hydrogens is 196 g/mol. The first-order valence-electron chi connectivity index (χ1n) is 5.70. The van der Waals surface area contributed by atoms with Crippen molar-refractivity contribution in [1.82, 2.24) is 0 Å². The van der Waals surface area contributed by atoms with Crippen LogP contribution in [0.4, 0.5) is 0 Å². The normalized spacial score (nSPS) is 45.7. The lowest BCUT2D eigenvalue weighted by molar-refractivity contribution is -0.460. The van der Waals surface area contributed by atoms with Crippen LogP contribution in [0, 0.1) is 5.41 Å². The largest absolute Gasteiger partial charge is 0.327 e. The first-order valence-corrected chi connectivity index (χ1v) is 5.70. The van der Waals surface area contributed by atoms with E-state index in [1.807, 2.05) is 0 Å². The number of carbonyl (C=O) groups is 1. The number of carbonyl (C=O) groups excluding carboxylic acids is 1. The highest BCUT2D eigenvalue weighted by atomic mass is 16.9. The van der Waals surface area contributed by atoms with Gasteiger partial charge in [-0.25, -0.2) is 0 Å². The van der Waals surface area contributed by atoms with Crippen LogP contribution in [0.15, 0.2) is 0 Å². The fourth-order valence-corrected chi connectivity index (χ4v) is 3.14. The standard InChI is InChI=1S/C11H16O4/c12-9-7-10-3-1-5-13-11(10,15-8-9)14-6-2-4-10/h1-8H2. The molecule has 0 N–H and O–H groups in total. The van der Waals surface area contributed by atoms with E-state index in [0.717, 1.165) is 25.7 Å². The van der Waals surface area contributed by atoms with E-state index in [1.54, 1.807) is 0 Å². The molecule has 3 aliphatic rings. The Bertz CT molecular complexity index is 274. The average molecular weight is 212 g/mol. The van der Waals surface area contributed by atoms with E-state index in [4.69, 9.17) is 14.2 Å². The summed E-state index contributed by atoms with van der Waals surface area (Å²) < 4.78 is 17.0. The van der Waals surface area contributed by atoms with Gasteiger partial charge in [0.2, 0.25) is 0 Å². The van der Waals surface area contributed by atoms with E-state index in [0.29, 0.717) is 19.6 Å². The van der Waals surface area contributed by atoms with Crippen LogP contribution in [-0.4, -0.2) is 31.6 Å². The third-order valence-electron chi connectivity index (χ3n) is 3.79. The first-order chi connectivity index (χ1) is 7.27. The molecule has 4 heteroatoms. The summed E-state index contributed by atoms with van der Waals surface area (Å²) in [5.41, 5.74) is -0.196. The molecule has 0 unspecified atom stereocenters. The lowest BCUT2D eigenvalue weighted by atomic mass is 9.69. The van der Waals surface area contributed by atoms with Gasteiger partial charge in [0.25, 0.3) is 5.97 Å². The summed E-state index contributed by atoms with van der Waals surface area (Å²) in [5, 5.41) is 0. The van der Waals surface area contributed by atoms with E-state index >= 15 is 0 Å². The second-order valence-electron chi connectivity index (χ2n) is 4.74. The Balaban J connectivity index is 1.97. The molecule has 0 aromatic rings. The zero-order valence-electron chi connectivity index (χ0n) is 8.79. The molecule has 0 spiro atoms. The Labute approximate surface area is 88.9 Å². The molecule has 0 bridgehead atoms. The quantitative estimate of drug-likeness (QED) is 0.606. The minimum absolute atomic E-state index is 0.141. The van der Waals surface area contributed by atoms with E-state index in [-0.39, 0.29) is 17.8 Å². The van der Waals surface area contributed by atoms with Crippen LogP contribution in [0.1, 0.15) is 32.1 Å². The molecule has 3 heterocycles. The van der Waals surface area contributed by atoms with Gasteiger partial charge in [-0.05, 0) is 25.7 Å². The topological polar surface area (TPSA) is 44.8 Å². The summed E-state index contributed by atoms with van der Waals surface area (Å²) in [6.07, 6.45) is 4.54. The van der Waals surface area contributed by atoms with Gasteiger partial charge in [0.15, 0.2) is 5.78 Å². The van der Waals surface area contributed by atoms with Crippen LogP contribution >= 0.6 is 0 Å². The van der Waals surface area contributed by atoms with Crippen LogP contribution in [0.5, 0.6) is 0 Å². The molecule has 84 valence electrons. The number of ketones is 1. The zero-order chi connectivity index (χ0) is 10.4. The predicted molar refractivity (Wildman–Crippen MR) is 51.1 cm³/mol. The Hall–Kier alpha value is -0.450. The smallest absolute Gasteiger partial charge is 0.289 e. The number of rotatable bonds is 0. The van der Waals surface area contributed by atoms with E-state index in [9.17, 15) is 4.79 Å². The van der Waals surface area contributed by atoms with Gasteiger partial charge < -0.3 is 14.2 Å². The highest BCUT2D eigenvalue weighted by molar-refractivity contribution is 5.81. The Morgan fingerprint density at radius 3 is 2.33 bits per heavy atom. The third-order valence-corrected chi connectivity index (χ3v) is 3.79. The number of ether oxygens (including phenoxy) is 3. The molecule has 0 aromatic carbocycles. The lowest BCUT2D eigenvalue weighted by Gasteiger charge is -2.55. The van der Waals surface area contributed by atoms with Gasteiger partial charge in [0.1, 0.15) is 6.61 Å². The van der Waals surface area contributed by atoms with Crippen LogP contribution in [-0.2, 0) is 19.0 Å². The maximum atomic E-state index is 11.5. The van der Waals surface area contributed by atoms with Gasteiger partial charge in [-0.15, -0.1) is 0 Å². The van der Waals surface area contributed by atoms with Crippen molar-refractivity contribution in [2.75, 3.05) is 19.8 Å². The molecule has 15 heavy (non-hydrogen) atoms. The minimum Gasteiger partial charge on any atom is -0.327 e. The van der Waals surface area contributed by atoms with Crippen LogP contribution in [0.3, 0.4) is 0 Å². The molecule has 3 aliphatic heterocycles. The SMILES string of the molecule is O=C1COC23OCCCC2(CCCO3)C1. The maximum absolute atomic E-state index is 11.5. The van der Waals surface area contributed by atoms with Crippen molar-refractivity contribution in [2.45, 2.75) is 38.1 Å². The molecule has 3 fully saturated rings. The first kappa shape index (κ1) is 9.75. The van der Waals surface area contributed by atoms with E-state index in [1.165, 1.54) is 0 Å². The zero-order valence-corrected chi connectivity index (χ0v) is 8.79. The van der Waals surface area contributed by atoms with Gasteiger partial charge >= 0.3 is 0 Å². The molecule has 0 atom stereocenters. The van der Waals surface area contributed by atoms with Crippen molar-refractivity contribution in [3.05, 3.63) is 0 Å². The molecule has 0 amide bonds. The Morgan fingerprint density at radius 1 is 1.00 bits per heavy atom. The highest BCUT2D eigenvalue weighted by Crippen LogP contribution is 2.54. The molecule has 3 rings (SSSR count). The summed E-state index contributed by atoms with van der Waals surface area (Å²) in [6, 6.07) is 0. The predicted octanol–water partition coefficient (Wildman–Crippen LogP) is 1.24. The van der Waals surface area contributed by atoms with Crippen molar-refractivity contribution in [2.24, 2.45) is 5.41 Å². The Kier molecular flexibility index (Phi) is 2.13. The van der Waals surface area contributed by atoms with E-state index < -0.39 is 5.97 Å². The molecular formula is C11H16O4. The molecule has 0 saturated carbocycles. The molecule has 3 saturated heterocycles. The second kappa shape index (κ2) is 3.27. The van der Waals surface area contributed by atoms with Gasteiger partial charge in [0, 0.05) is 6.42 Å². The Morgan fingerprint density at radius 2 is 1.67 bits per heavy atom. The number of Topliss-reactive ketones (excluding diaryl/α,β-unsaturated/α-hetero) is 1.